The number of piperidine rings is 1. The number of halogens is 2. The average molecular weight is 491 g/mol. The number of likely N-dealkylation sites (tertiary alicyclic amines) is 1. The van der Waals surface area contributed by atoms with Crippen LogP contribution in [0.5, 0.6) is 0 Å². The molecule has 3 aromatic rings. The molecule has 5 rings (SSSR count). The van der Waals surface area contributed by atoms with Crippen LogP contribution in [0.1, 0.15) is 70.0 Å². The van der Waals surface area contributed by atoms with Crippen LogP contribution in [0.4, 0.5) is 4.39 Å². The molecule has 2 aromatic heterocycles. The van der Waals surface area contributed by atoms with Gasteiger partial charge in [-0.15, -0.1) is 12.4 Å². The topological polar surface area (TPSA) is 85.8 Å². The summed E-state index contributed by atoms with van der Waals surface area (Å²) in [7, 11) is 0. The third kappa shape index (κ3) is 4.49. The van der Waals surface area contributed by atoms with E-state index in [0.717, 1.165) is 43.6 Å². The number of ketones is 1. The van der Waals surface area contributed by atoms with Gasteiger partial charge in [0.15, 0.2) is 11.4 Å². The van der Waals surface area contributed by atoms with Crippen molar-refractivity contribution in [2.75, 3.05) is 26.2 Å². The summed E-state index contributed by atoms with van der Waals surface area (Å²) < 4.78 is 29.6. The number of hydrogen-bond acceptors (Lipinski definition) is 7. The van der Waals surface area contributed by atoms with Gasteiger partial charge < -0.3 is 18.6 Å². The minimum atomic E-state index is -0.515. The van der Waals surface area contributed by atoms with Gasteiger partial charge in [0.05, 0.1) is 17.9 Å². The van der Waals surface area contributed by atoms with Gasteiger partial charge in [0.2, 0.25) is 5.76 Å². The highest BCUT2D eigenvalue weighted by atomic mass is 35.5. The van der Waals surface area contributed by atoms with E-state index in [4.69, 9.17) is 13.7 Å². The smallest absolute Gasteiger partial charge is 0.374 e. The number of carbonyl (C=O) groups is 2. The highest BCUT2D eigenvalue weighted by Gasteiger charge is 2.35. The van der Waals surface area contributed by atoms with E-state index in [1.807, 2.05) is 0 Å². The maximum absolute atomic E-state index is 13.4. The number of carbonyl (C=O) groups excluding carboxylic acids is 2. The number of benzene rings is 1. The molecule has 1 saturated heterocycles. The van der Waals surface area contributed by atoms with E-state index in [-0.39, 0.29) is 48.2 Å². The van der Waals surface area contributed by atoms with E-state index < -0.39 is 5.97 Å². The SMILES string of the molecule is CCOC(=O)c1oc2c(c1C)C(=O)CC(CN1CCC(c3noc4cc(F)ccc34)CC1)C2.Cl. The molecule has 34 heavy (non-hydrogen) atoms. The lowest BCUT2D eigenvalue weighted by Gasteiger charge is -2.34. The second kappa shape index (κ2) is 9.88. The van der Waals surface area contributed by atoms with Crippen molar-refractivity contribution in [1.29, 1.82) is 0 Å². The molecule has 9 heteroatoms. The summed E-state index contributed by atoms with van der Waals surface area (Å²) in [5.74, 6) is 0.370. The fourth-order valence-electron chi connectivity index (χ4n) is 5.28. The van der Waals surface area contributed by atoms with Gasteiger partial charge >= 0.3 is 5.97 Å². The molecule has 1 aromatic carbocycles. The first-order valence-electron chi connectivity index (χ1n) is 11.5. The Kier molecular flexibility index (Phi) is 7.09. The van der Waals surface area contributed by atoms with Crippen LogP contribution in [-0.4, -0.2) is 48.1 Å². The van der Waals surface area contributed by atoms with Crippen molar-refractivity contribution in [1.82, 2.24) is 10.1 Å². The van der Waals surface area contributed by atoms with Gasteiger partial charge in [-0.05, 0) is 57.8 Å². The predicted molar refractivity (Wildman–Crippen MR) is 125 cm³/mol. The fourth-order valence-corrected chi connectivity index (χ4v) is 5.28. The molecule has 3 heterocycles. The highest BCUT2D eigenvalue weighted by molar-refractivity contribution is 6.02. The number of Topliss-reactive ketones (excluding diaryl/α,β-unsaturated/α-hetero) is 1. The monoisotopic (exact) mass is 490 g/mol. The first kappa shape index (κ1) is 24.4. The molecular formula is C25H28ClFN2O5. The lowest BCUT2D eigenvalue weighted by molar-refractivity contribution is 0.0485. The molecule has 2 aliphatic rings. The molecule has 7 nitrogen and oxygen atoms in total. The van der Waals surface area contributed by atoms with Gasteiger partial charge in [-0.3, -0.25) is 4.79 Å². The molecule has 1 aliphatic heterocycles. The van der Waals surface area contributed by atoms with E-state index in [1.165, 1.54) is 12.1 Å². The van der Waals surface area contributed by atoms with Crippen molar-refractivity contribution in [3.63, 3.8) is 0 Å². The third-order valence-corrected chi connectivity index (χ3v) is 6.86. The molecular weight excluding hydrogens is 463 g/mol. The first-order chi connectivity index (χ1) is 15.9. The van der Waals surface area contributed by atoms with Gasteiger partial charge in [0.25, 0.3) is 0 Å². The molecule has 0 amide bonds. The number of fused-ring (bicyclic) bond motifs is 2. The van der Waals surface area contributed by atoms with E-state index in [0.29, 0.717) is 35.3 Å². The van der Waals surface area contributed by atoms with Gasteiger partial charge in [-0.2, -0.15) is 0 Å². The summed E-state index contributed by atoms with van der Waals surface area (Å²) >= 11 is 0. The molecule has 1 fully saturated rings. The minimum absolute atomic E-state index is 0. The molecule has 182 valence electrons. The summed E-state index contributed by atoms with van der Waals surface area (Å²) in [6.07, 6.45) is 2.95. The van der Waals surface area contributed by atoms with Crippen LogP contribution < -0.4 is 0 Å². The van der Waals surface area contributed by atoms with Crippen molar-refractivity contribution in [3.05, 3.63) is 52.4 Å². The van der Waals surface area contributed by atoms with Crippen LogP contribution >= 0.6 is 12.4 Å². The zero-order valence-corrected chi connectivity index (χ0v) is 20.1. The van der Waals surface area contributed by atoms with E-state index >= 15 is 0 Å². The predicted octanol–water partition coefficient (Wildman–Crippen LogP) is 5.09. The van der Waals surface area contributed by atoms with Crippen molar-refractivity contribution < 1.29 is 27.7 Å². The molecule has 1 unspecified atom stereocenters. The second-order valence-electron chi connectivity index (χ2n) is 9.06. The van der Waals surface area contributed by atoms with Crippen molar-refractivity contribution in [2.45, 2.75) is 45.4 Å². The maximum atomic E-state index is 13.4. The Bertz CT molecular complexity index is 1210. The number of aromatic nitrogens is 1. The Balaban J connectivity index is 0.00000274. The van der Waals surface area contributed by atoms with E-state index in [9.17, 15) is 14.0 Å². The number of furan rings is 1. The van der Waals surface area contributed by atoms with Gasteiger partial charge in [-0.25, -0.2) is 9.18 Å². The molecule has 1 aliphatic carbocycles. The molecule has 0 saturated carbocycles. The Labute approximate surface area is 203 Å². The summed E-state index contributed by atoms with van der Waals surface area (Å²) in [5.41, 5.74) is 2.54. The van der Waals surface area contributed by atoms with Gasteiger partial charge in [-0.1, -0.05) is 5.16 Å². The van der Waals surface area contributed by atoms with Crippen molar-refractivity contribution in [2.24, 2.45) is 5.92 Å². The fraction of sp³-hybridized carbons (Fsp3) is 0.480. The second-order valence-corrected chi connectivity index (χ2v) is 9.06. The first-order valence-corrected chi connectivity index (χ1v) is 11.5. The molecule has 0 radical (unpaired) electrons. The number of nitrogens with zero attached hydrogens (tertiary/aromatic N) is 2. The summed E-state index contributed by atoms with van der Waals surface area (Å²) in [5, 5.41) is 5.10. The maximum Gasteiger partial charge on any atom is 0.374 e. The normalized spacial score (nSPS) is 19.1. The van der Waals surface area contributed by atoms with Gasteiger partial charge in [0.1, 0.15) is 11.6 Å². The molecule has 0 N–H and O–H groups in total. The number of hydrogen-bond donors (Lipinski definition) is 0. The number of ether oxygens (including phenoxy) is 1. The van der Waals surface area contributed by atoms with Crippen molar-refractivity contribution >= 4 is 35.1 Å². The highest BCUT2D eigenvalue weighted by Crippen LogP contribution is 2.35. The average Bonchev–Trinajstić information content (AvgIpc) is 3.35. The van der Waals surface area contributed by atoms with Crippen LogP contribution in [0, 0.1) is 18.7 Å². The molecule has 0 spiro atoms. The minimum Gasteiger partial charge on any atom is -0.460 e. The number of rotatable bonds is 5. The van der Waals surface area contributed by atoms with Crippen LogP contribution in [0.15, 0.2) is 27.1 Å². The zero-order chi connectivity index (χ0) is 23.1. The van der Waals surface area contributed by atoms with E-state index in [1.54, 1.807) is 19.9 Å². The van der Waals surface area contributed by atoms with Crippen molar-refractivity contribution in [3.8, 4) is 0 Å². The summed E-state index contributed by atoms with van der Waals surface area (Å²) in [6, 6.07) is 4.55. The Hall–Kier alpha value is -2.71. The van der Waals surface area contributed by atoms with Crippen LogP contribution in [-0.2, 0) is 11.2 Å². The molecule has 1 atom stereocenters. The number of esters is 1. The zero-order valence-electron chi connectivity index (χ0n) is 19.3. The molecule has 0 bridgehead atoms. The lowest BCUT2D eigenvalue weighted by Crippen LogP contribution is -2.38. The standard InChI is InChI=1S/C25H27FN2O5.ClH/c1-3-31-25(30)24-14(2)22-19(29)10-15(11-21(22)32-24)13-28-8-6-16(7-9-28)23-18-5-4-17(26)12-20(18)33-27-23;/h4-5,12,15-16H,3,6-11,13H2,1-2H3;1H. The largest absolute Gasteiger partial charge is 0.460 e. The van der Waals surface area contributed by atoms with E-state index in [2.05, 4.69) is 10.1 Å². The summed E-state index contributed by atoms with van der Waals surface area (Å²) in [4.78, 5) is 27.4. The third-order valence-electron chi connectivity index (χ3n) is 6.86. The van der Waals surface area contributed by atoms with Gasteiger partial charge in [0, 0.05) is 42.3 Å². The Morgan fingerprint density at radius 1 is 1.26 bits per heavy atom. The lowest BCUT2D eigenvalue weighted by atomic mass is 9.84. The summed E-state index contributed by atoms with van der Waals surface area (Å²) in [6.45, 7) is 6.34. The Morgan fingerprint density at radius 2 is 2.03 bits per heavy atom. The van der Waals surface area contributed by atoms with Crippen LogP contribution in [0.2, 0.25) is 0 Å². The van der Waals surface area contributed by atoms with Crippen LogP contribution in [0.3, 0.4) is 0 Å². The van der Waals surface area contributed by atoms with Crippen LogP contribution in [0.25, 0.3) is 11.0 Å². The Morgan fingerprint density at radius 3 is 2.76 bits per heavy atom. The quantitative estimate of drug-likeness (QED) is 0.460.